The van der Waals surface area contributed by atoms with E-state index in [2.05, 4.69) is 4.89 Å². The number of aliphatic hydroxyl groups is 7. The Labute approximate surface area is 240 Å². The van der Waals surface area contributed by atoms with E-state index in [1.165, 1.54) is 0 Å². The lowest BCUT2D eigenvalue weighted by Gasteiger charge is -2.47. The maximum Gasteiger partial charge on any atom is 0.222 e. The fraction of sp³-hybridized carbons (Fsp3) is 1.00. The van der Waals surface area contributed by atoms with Gasteiger partial charge in [-0.15, -0.1) is 0 Å². The number of rotatable bonds is 9. The molecule has 0 spiro atoms. The SMILES string of the molecule is CCC1OC(OC2C(OO)OC(OC3C(O)C(N)CC(N)C3OC3OC(CO)C(O)C(O)C3N)C2O)C(N)C(O)C1O. The third-order valence-electron chi connectivity index (χ3n) is 8.27. The van der Waals surface area contributed by atoms with Gasteiger partial charge in [0.15, 0.2) is 18.9 Å². The zero-order chi connectivity index (χ0) is 31.0. The van der Waals surface area contributed by atoms with Crippen molar-refractivity contribution < 1.29 is 74.3 Å². The van der Waals surface area contributed by atoms with Crippen LogP contribution in [0.25, 0.3) is 0 Å². The van der Waals surface area contributed by atoms with Crippen molar-refractivity contribution in [3.63, 3.8) is 0 Å². The highest BCUT2D eigenvalue weighted by atomic mass is 17.1. The highest BCUT2D eigenvalue weighted by Crippen LogP contribution is 2.34. The lowest BCUT2D eigenvalue weighted by atomic mass is 9.84. The van der Waals surface area contributed by atoms with Crippen molar-refractivity contribution in [2.45, 2.75) is 136 Å². The first kappa shape index (κ1) is 34.1. The number of nitrogens with two attached hydrogens (primary N) is 4. The maximum absolute atomic E-state index is 11.0. The molecule has 16 N–H and O–H groups in total. The van der Waals surface area contributed by atoms with Crippen molar-refractivity contribution in [3.05, 3.63) is 0 Å². The summed E-state index contributed by atoms with van der Waals surface area (Å²) < 4.78 is 34.1. The van der Waals surface area contributed by atoms with E-state index in [0.717, 1.165) is 0 Å². The van der Waals surface area contributed by atoms with Crippen LogP contribution in [0.5, 0.6) is 0 Å². The highest BCUT2D eigenvalue weighted by molar-refractivity contribution is 5.01. The highest BCUT2D eigenvalue weighted by Gasteiger charge is 2.55. The van der Waals surface area contributed by atoms with Gasteiger partial charge in [-0.3, -0.25) is 0 Å². The molecule has 4 fully saturated rings. The molecular formula is C23H44N4O15. The monoisotopic (exact) mass is 616 g/mol. The Morgan fingerprint density at radius 1 is 0.595 bits per heavy atom. The van der Waals surface area contributed by atoms with Gasteiger partial charge in [0, 0.05) is 12.1 Å². The first-order valence-electron chi connectivity index (χ1n) is 13.8. The van der Waals surface area contributed by atoms with E-state index in [0.29, 0.717) is 6.42 Å². The molecule has 0 aromatic rings. The Bertz CT molecular complexity index is 865. The number of ether oxygens (including phenoxy) is 6. The molecule has 3 heterocycles. The van der Waals surface area contributed by atoms with Crippen molar-refractivity contribution in [3.8, 4) is 0 Å². The van der Waals surface area contributed by atoms with Crippen LogP contribution in [-0.4, -0.2) is 164 Å². The van der Waals surface area contributed by atoms with Gasteiger partial charge in [-0.2, -0.15) is 0 Å². The van der Waals surface area contributed by atoms with E-state index in [-0.39, 0.29) is 6.42 Å². The van der Waals surface area contributed by atoms with Crippen molar-refractivity contribution in [2.75, 3.05) is 6.61 Å². The predicted octanol–water partition coefficient (Wildman–Crippen LogP) is -6.96. The van der Waals surface area contributed by atoms with Crippen LogP contribution in [0.1, 0.15) is 19.8 Å². The molecule has 0 aromatic carbocycles. The molecule has 0 amide bonds. The summed E-state index contributed by atoms with van der Waals surface area (Å²) in [5.41, 5.74) is 24.3. The topological polar surface area (TPSA) is 331 Å². The first-order valence-corrected chi connectivity index (χ1v) is 13.8. The number of hydrogen-bond acceptors (Lipinski definition) is 19. The van der Waals surface area contributed by atoms with Gasteiger partial charge in [-0.25, -0.2) is 10.1 Å². The average molecular weight is 617 g/mol. The second-order valence-electron chi connectivity index (χ2n) is 11.1. The fourth-order valence-corrected chi connectivity index (χ4v) is 5.66. The average Bonchev–Trinajstić information content (AvgIpc) is 3.27. The molecule has 1 aliphatic carbocycles. The molecule has 19 nitrogen and oxygen atoms in total. The Morgan fingerprint density at radius 3 is 1.67 bits per heavy atom. The number of aliphatic hydroxyl groups excluding tert-OH is 7. The largest absolute Gasteiger partial charge is 0.394 e. The summed E-state index contributed by atoms with van der Waals surface area (Å²) in [7, 11) is 0. The zero-order valence-corrected chi connectivity index (χ0v) is 22.8. The van der Waals surface area contributed by atoms with Gasteiger partial charge in [0.05, 0.1) is 30.9 Å². The van der Waals surface area contributed by atoms with Gasteiger partial charge in [-0.05, 0) is 12.8 Å². The summed E-state index contributed by atoms with van der Waals surface area (Å²) in [6, 6.07) is -4.35. The van der Waals surface area contributed by atoms with Crippen molar-refractivity contribution in [1.29, 1.82) is 0 Å². The second kappa shape index (κ2) is 14.1. The van der Waals surface area contributed by atoms with Gasteiger partial charge in [0.1, 0.15) is 54.9 Å². The van der Waals surface area contributed by atoms with E-state index in [9.17, 15) is 41.0 Å². The van der Waals surface area contributed by atoms with E-state index < -0.39 is 123 Å². The summed E-state index contributed by atoms with van der Waals surface area (Å²) in [6.07, 6.45) is -20.9. The minimum absolute atomic E-state index is 0.0497. The van der Waals surface area contributed by atoms with Crippen LogP contribution in [0.2, 0.25) is 0 Å². The summed E-state index contributed by atoms with van der Waals surface area (Å²) in [5, 5.41) is 81.8. The molecule has 19 atom stereocenters. The first-order chi connectivity index (χ1) is 19.8. The van der Waals surface area contributed by atoms with Gasteiger partial charge in [0.2, 0.25) is 6.29 Å². The Kier molecular flexibility index (Phi) is 11.5. The standard InChI is InChI=1S/C23H44N4O15/c1-2-7-12(30)14(32)9(26)20(36-7)40-19-16(34)22(41-23(19)42-35)39-18-11(29)5(24)3-6(25)17(18)38-21-10(27)15(33)13(31)8(4-28)37-21/h5-23,28-35H,2-4,24-27H2,1H3. The van der Waals surface area contributed by atoms with Crippen molar-refractivity contribution >= 4 is 0 Å². The van der Waals surface area contributed by atoms with Crippen LogP contribution in [0.15, 0.2) is 0 Å². The Morgan fingerprint density at radius 2 is 1.12 bits per heavy atom. The molecule has 246 valence electrons. The molecule has 0 radical (unpaired) electrons. The molecule has 19 heteroatoms. The van der Waals surface area contributed by atoms with Crippen LogP contribution in [0.4, 0.5) is 0 Å². The molecule has 0 bridgehead atoms. The molecule has 3 saturated heterocycles. The Hall–Kier alpha value is -0.760. The van der Waals surface area contributed by atoms with E-state index >= 15 is 0 Å². The third-order valence-corrected chi connectivity index (χ3v) is 8.27. The quantitative estimate of drug-likeness (QED) is 0.0845. The summed E-state index contributed by atoms with van der Waals surface area (Å²) in [4.78, 5) is 4.32. The van der Waals surface area contributed by atoms with Crippen LogP contribution in [0.3, 0.4) is 0 Å². The van der Waals surface area contributed by atoms with E-state index in [1.807, 2.05) is 0 Å². The van der Waals surface area contributed by atoms with Crippen molar-refractivity contribution in [2.24, 2.45) is 22.9 Å². The summed E-state index contributed by atoms with van der Waals surface area (Å²) in [6.45, 7) is 1.04. The summed E-state index contributed by atoms with van der Waals surface area (Å²) >= 11 is 0. The lowest BCUT2D eigenvalue weighted by Crippen LogP contribution is -2.68. The second-order valence-corrected chi connectivity index (χ2v) is 11.1. The van der Waals surface area contributed by atoms with E-state index in [1.54, 1.807) is 6.92 Å². The lowest BCUT2D eigenvalue weighted by molar-refractivity contribution is -0.382. The van der Waals surface area contributed by atoms with E-state index in [4.69, 9.17) is 51.4 Å². The molecule has 0 aromatic heterocycles. The molecule has 42 heavy (non-hydrogen) atoms. The smallest absolute Gasteiger partial charge is 0.222 e. The van der Waals surface area contributed by atoms with Crippen LogP contribution in [0, 0.1) is 0 Å². The molecule has 4 rings (SSSR count). The summed E-state index contributed by atoms with van der Waals surface area (Å²) in [5.74, 6) is 0. The Balaban J connectivity index is 1.50. The zero-order valence-electron chi connectivity index (χ0n) is 22.8. The van der Waals surface area contributed by atoms with Crippen LogP contribution >= 0.6 is 0 Å². The van der Waals surface area contributed by atoms with Gasteiger partial charge in [0.25, 0.3) is 0 Å². The molecule has 4 aliphatic rings. The fourth-order valence-electron chi connectivity index (χ4n) is 5.66. The molecule has 1 saturated carbocycles. The molecule has 3 aliphatic heterocycles. The minimum Gasteiger partial charge on any atom is -0.394 e. The predicted molar refractivity (Wildman–Crippen MR) is 134 cm³/mol. The maximum atomic E-state index is 11.0. The van der Waals surface area contributed by atoms with Crippen molar-refractivity contribution in [1.82, 2.24) is 0 Å². The van der Waals surface area contributed by atoms with Gasteiger partial charge < -0.3 is 87.1 Å². The normalized spacial score (nSPS) is 53.8. The minimum atomic E-state index is -1.71. The van der Waals surface area contributed by atoms with Gasteiger partial charge >= 0.3 is 0 Å². The molecule has 19 unspecified atom stereocenters. The van der Waals surface area contributed by atoms with Crippen LogP contribution in [-0.2, 0) is 33.3 Å². The third kappa shape index (κ3) is 6.60. The number of hydrogen-bond donors (Lipinski definition) is 12. The van der Waals surface area contributed by atoms with Gasteiger partial charge in [-0.1, -0.05) is 6.92 Å². The molecular weight excluding hydrogens is 572 g/mol. The van der Waals surface area contributed by atoms with Crippen LogP contribution < -0.4 is 22.9 Å².